The third kappa shape index (κ3) is 7.16. The molecule has 0 spiro atoms. The van der Waals surface area contributed by atoms with Crippen molar-refractivity contribution >= 4 is 63.8 Å². The standard InChI is InChI=1S/C25H23N3O4S2/c1-16(29)17-10-12-18(13-11-17)26-25(33)27-19-6-5-7-20(14-19)34-15-23(30)28-22-9-4-3-8-21(22)24(31)32-2/h3-14H,15H2,1-2H3,(H,28,30)(H2,26,27,33). The summed E-state index contributed by atoms with van der Waals surface area (Å²) in [5.74, 6) is -0.597. The number of ether oxygens (including phenoxy) is 1. The predicted octanol–water partition coefficient (Wildman–Crippen LogP) is 5.22. The van der Waals surface area contributed by atoms with Gasteiger partial charge >= 0.3 is 5.97 Å². The van der Waals surface area contributed by atoms with Crippen LogP contribution in [0.3, 0.4) is 0 Å². The third-order valence-corrected chi connectivity index (χ3v) is 5.82. The fraction of sp³-hybridized carbons (Fsp3) is 0.120. The Morgan fingerprint density at radius 2 is 1.59 bits per heavy atom. The Morgan fingerprint density at radius 3 is 2.29 bits per heavy atom. The molecule has 3 aromatic rings. The molecule has 0 radical (unpaired) electrons. The van der Waals surface area contributed by atoms with Gasteiger partial charge in [0.25, 0.3) is 0 Å². The van der Waals surface area contributed by atoms with E-state index in [0.717, 1.165) is 16.3 Å². The van der Waals surface area contributed by atoms with Crippen molar-refractivity contribution in [2.75, 3.05) is 28.8 Å². The van der Waals surface area contributed by atoms with Crippen molar-refractivity contribution in [2.24, 2.45) is 0 Å². The molecule has 3 aromatic carbocycles. The molecule has 0 bridgehead atoms. The lowest BCUT2D eigenvalue weighted by molar-refractivity contribution is -0.113. The number of para-hydroxylation sites is 1. The van der Waals surface area contributed by atoms with Crippen LogP contribution in [0.5, 0.6) is 0 Å². The maximum atomic E-state index is 12.4. The van der Waals surface area contributed by atoms with E-state index < -0.39 is 5.97 Å². The molecule has 0 saturated heterocycles. The molecule has 9 heteroatoms. The Hall–Kier alpha value is -3.69. The summed E-state index contributed by atoms with van der Waals surface area (Å²) in [6.45, 7) is 1.52. The average molecular weight is 494 g/mol. The minimum atomic E-state index is -0.512. The zero-order chi connectivity index (χ0) is 24.5. The van der Waals surface area contributed by atoms with Gasteiger partial charge in [0.05, 0.1) is 24.1 Å². The zero-order valence-electron chi connectivity index (χ0n) is 18.6. The number of rotatable bonds is 8. The lowest BCUT2D eigenvalue weighted by Crippen LogP contribution is -2.19. The summed E-state index contributed by atoms with van der Waals surface area (Å²) in [6, 6.07) is 21.2. The number of nitrogens with one attached hydrogen (secondary N) is 3. The molecule has 0 fully saturated rings. The molecule has 0 heterocycles. The molecule has 174 valence electrons. The van der Waals surface area contributed by atoms with Crippen LogP contribution in [0.25, 0.3) is 0 Å². The molecular formula is C25H23N3O4S2. The number of esters is 1. The van der Waals surface area contributed by atoms with E-state index in [1.165, 1.54) is 25.8 Å². The minimum Gasteiger partial charge on any atom is -0.465 e. The highest BCUT2D eigenvalue weighted by molar-refractivity contribution is 8.00. The van der Waals surface area contributed by atoms with Gasteiger partial charge in [-0.15, -0.1) is 11.8 Å². The third-order valence-electron chi connectivity index (χ3n) is 4.62. The van der Waals surface area contributed by atoms with E-state index in [0.29, 0.717) is 21.9 Å². The Kier molecular flexibility index (Phi) is 8.78. The highest BCUT2D eigenvalue weighted by Gasteiger charge is 2.13. The second-order valence-electron chi connectivity index (χ2n) is 7.11. The summed E-state index contributed by atoms with van der Waals surface area (Å²) in [6.07, 6.45) is 0. The van der Waals surface area contributed by atoms with Crippen LogP contribution in [0.4, 0.5) is 17.1 Å². The first-order valence-electron chi connectivity index (χ1n) is 10.2. The number of hydrogen-bond donors (Lipinski definition) is 3. The molecule has 0 aromatic heterocycles. The molecule has 34 heavy (non-hydrogen) atoms. The summed E-state index contributed by atoms with van der Waals surface area (Å²) < 4.78 is 4.75. The van der Waals surface area contributed by atoms with Crippen LogP contribution in [-0.2, 0) is 9.53 Å². The molecule has 3 N–H and O–H groups in total. The quantitative estimate of drug-likeness (QED) is 0.170. The van der Waals surface area contributed by atoms with Crippen LogP contribution >= 0.6 is 24.0 Å². The van der Waals surface area contributed by atoms with Gasteiger partial charge in [0.15, 0.2) is 10.9 Å². The van der Waals surface area contributed by atoms with E-state index >= 15 is 0 Å². The number of hydrogen-bond acceptors (Lipinski definition) is 6. The molecule has 7 nitrogen and oxygen atoms in total. The van der Waals surface area contributed by atoms with Gasteiger partial charge in [-0.05, 0) is 73.7 Å². The van der Waals surface area contributed by atoms with Crippen molar-refractivity contribution < 1.29 is 19.1 Å². The monoisotopic (exact) mass is 493 g/mol. The van der Waals surface area contributed by atoms with Crippen molar-refractivity contribution in [1.82, 2.24) is 0 Å². The molecule has 0 saturated carbocycles. The fourth-order valence-corrected chi connectivity index (χ4v) is 3.95. The first-order valence-corrected chi connectivity index (χ1v) is 11.6. The first kappa shape index (κ1) is 24.9. The zero-order valence-corrected chi connectivity index (χ0v) is 20.2. The predicted molar refractivity (Wildman–Crippen MR) is 140 cm³/mol. The van der Waals surface area contributed by atoms with Gasteiger partial charge in [0.2, 0.25) is 5.91 Å². The molecule has 3 rings (SSSR count). The summed E-state index contributed by atoms with van der Waals surface area (Å²) >= 11 is 6.72. The van der Waals surface area contributed by atoms with E-state index in [9.17, 15) is 14.4 Å². The van der Waals surface area contributed by atoms with Crippen LogP contribution in [0.2, 0.25) is 0 Å². The van der Waals surface area contributed by atoms with Crippen LogP contribution in [0, 0.1) is 0 Å². The SMILES string of the molecule is COC(=O)c1ccccc1NC(=O)CSc1cccc(NC(=S)Nc2ccc(C(C)=O)cc2)c1. The van der Waals surface area contributed by atoms with Crippen molar-refractivity contribution in [3.63, 3.8) is 0 Å². The molecule has 1 amide bonds. The fourth-order valence-electron chi connectivity index (χ4n) is 2.96. The molecular weight excluding hydrogens is 470 g/mol. The van der Waals surface area contributed by atoms with Gasteiger partial charge in [0.1, 0.15) is 0 Å². The number of amides is 1. The summed E-state index contributed by atoms with van der Waals surface area (Å²) in [7, 11) is 1.29. The topological polar surface area (TPSA) is 96.5 Å². The number of anilines is 3. The van der Waals surface area contributed by atoms with E-state index in [-0.39, 0.29) is 17.4 Å². The normalized spacial score (nSPS) is 10.2. The number of carbonyl (C=O) groups is 3. The van der Waals surface area contributed by atoms with Crippen LogP contribution < -0.4 is 16.0 Å². The number of methoxy groups -OCH3 is 1. The summed E-state index contributed by atoms with van der Waals surface area (Å²) in [5.41, 5.74) is 2.86. The number of Topliss-reactive ketones (excluding diaryl/α,β-unsaturated/α-hetero) is 1. The van der Waals surface area contributed by atoms with Crippen molar-refractivity contribution in [3.05, 3.63) is 83.9 Å². The van der Waals surface area contributed by atoms with Crippen LogP contribution in [0.1, 0.15) is 27.6 Å². The van der Waals surface area contributed by atoms with E-state index in [1.54, 1.807) is 48.5 Å². The van der Waals surface area contributed by atoms with Gasteiger partial charge in [-0.2, -0.15) is 0 Å². The molecule has 0 atom stereocenters. The number of thiocarbonyl (C=S) groups is 1. The largest absolute Gasteiger partial charge is 0.465 e. The van der Waals surface area contributed by atoms with E-state index in [1.807, 2.05) is 24.3 Å². The van der Waals surface area contributed by atoms with Gasteiger partial charge in [-0.1, -0.05) is 18.2 Å². The Bertz CT molecular complexity index is 1210. The highest BCUT2D eigenvalue weighted by atomic mass is 32.2. The van der Waals surface area contributed by atoms with Crippen molar-refractivity contribution in [3.8, 4) is 0 Å². The average Bonchev–Trinajstić information content (AvgIpc) is 2.83. The number of benzene rings is 3. The second-order valence-corrected chi connectivity index (χ2v) is 8.57. The lowest BCUT2D eigenvalue weighted by atomic mass is 10.1. The molecule has 0 aliphatic rings. The Labute approximate surface area is 207 Å². The van der Waals surface area contributed by atoms with Gasteiger partial charge in [0, 0.05) is 21.8 Å². The van der Waals surface area contributed by atoms with E-state index in [2.05, 4.69) is 16.0 Å². The van der Waals surface area contributed by atoms with Gasteiger partial charge < -0.3 is 20.7 Å². The maximum absolute atomic E-state index is 12.4. The Morgan fingerprint density at radius 1 is 0.882 bits per heavy atom. The number of carbonyl (C=O) groups excluding carboxylic acids is 3. The smallest absolute Gasteiger partial charge is 0.339 e. The Balaban J connectivity index is 1.54. The maximum Gasteiger partial charge on any atom is 0.339 e. The first-order chi connectivity index (χ1) is 16.4. The summed E-state index contributed by atoms with van der Waals surface area (Å²) in [5, 5.41) is 9.33. The van der Waals surface area contributed by atoms with Gasteiger partial charge in [-0.3, -0.25) is 9.59 Å². The number of thioether (sulfide) groups is 1. The van der Waals surface area contributed by atoms with Crippen LogP contribution in [0.15, 0.2) is 77.7 Å². The highest BCUT2D eigenvalue weighted by Crippen LogP contribution is 2.23. The van der Waals surface area contributed by atoms with E-state index in [4.69, 9.17) is 17.0 Å². The lowest BCUT2D eigenvalue weighted by Gasteiger charge is -2.12. The van der Waals surface area contributed by atoms with Crippen molar-refractivity contribution in [1.29, 1.82) is 0 Å². The molecule has 0 aliphatic heterocycles. The van der Waals surface area contributed by atoms with Gasteiger partial charge in [-0.25, -0.2) is 4.79 Å². The minimum absolute atomic E-state index is 0.00271. The number of ketones is 1. The molecule has 0 unspecified atom stereocenters. The van der Waals surface area contributed by atoms with Crippen molar-refractivity contribution in [2.45, 2.75) is 11.8 Å². The summed E-state index contributed by atoms with van der Waals surface area (Å²) in [4.78, 5) is 36.6. The second kappa shape index (κ2) is 12.0. The molecule has 0 aliphatic carbocycles. The van der Waals surface area contributed by atoms with Crippen LogP contribution in [-0.4, -0.2) is 35.6 Å².